The summed E-state index contributed by atoms with van der Waals surface area (Å²) in [6.07, 6.45) is 3.33. The molecule has 12 nitrogen and oxygen atoms in total. The zero-order valence-electron chi connectivity index (χ0n) is 19.3. The summed E-state index contributed by atoms with van der Waals surface area (Å²) in [5.41, 5.74) is 0. The van der Waals surface area contributed by atoms with Crippen LogP contribution in [-0.4, -0.2) is 73.3 Å². The Kier molecular flexibility index (Phi) is 32.3. The van der Waals surface area contributed by atoms with Crippen molar-refractivity contribution < 1.29 is 54.4 Å². The van der Waals surface area contributed by atoms with Crippen LogP contribution in [0.15, 0.2) is 43.0 Å². The van der Waals surface area contributed by atoms with Gasteiger partial charge in [-0.15, -0.1) is 0 Å². The minimum Gasteiger partial charge on any atom is -0.409 e. The van der Waals surface area contributed by atoms with Gasteiger partial charge in [0.15, 0.2) is 0 Å². The normalized spacial score (nSPS) is 10.4. The third kappa shape index (κ3) is 29.5. The van der Waals surface area contributed by atoms with Gasteiger partial charge < -0.3 is 18.1 Å². The molecular weight excluding hydrogens is 765 g/mol. The molecule has 0 amide bonds. The molecule has 0 saturated carbocycles. The second-order valence-electron chi connectivity index (χ2n) is 4.31. The Morgan fingerprint density at radius 1 is 0.432 bits per heavy atom. The number of hydrogen-bond donors (Lipinski definition) is 0. The van der Waals surface area contributed by atoms with Gasteiger partial charge >= 0.3 is 61.2 Å². The molecule has 0 heterocycles. The quantitative estimate of drug-likeness (QED) is 0.100. The first-order valence-electron chi connectivity index (χ1n) is 7.84. The summed E-state index contributed by atoms with van der Waals surface area (Å²) < 4.78 is 72.6. The third-order valence-corrected chi connectivity index (χ3v) is 6.60. The number of rotatable bonds is 13. The van der Waals surface area contributed by atoms with E-state index in [4.69, 9.17) is 92.8 Å². The van der Waals surface area contributed by atoms with Crippen molar-refractivity contribution in [3.63, 3.8) is 0 Å². The molecule has 0 aliphatic rings. The first kappa shape index (κ1) is 46.2. The Balaban J connectivity index is -0.000000220. The monoisotopic (exact) mass is 780 g/mol. The average Bonchev–Trinajstić information content (AvgIpc) is 2.84. The van der Waals surface area contributed by atoms with E-state index in [0.717, 1.165) is 32.2 Å². The molecule has 0 rings (SSSR count). The number of hydrogen-bond acceptors (Lipinski definition) is 12. The summed E-state index contributed by atoms with van der Waals surface area (Å²) >= 11 is 41.5. The van der Waals surface area contributed by atoms with E-state index in [1.54, 1.807) is 0 Å². The van der Waals surface area contributed by atoms with Gasteiger partial charge in [-0.25, -0.2) is 13.7 Å². The minimum absolute atomic E-state index is 0. The number of halogens is 8. The van der Waals surface area contributed by atoms with Crippen LogP contribution in [0.1, 0.15) is 0 Å². The first-order valence-corrected chi connectivity index (χ1v) is 15.2. The molecule has 0 aromatic carbocycles. The van der Waals surface area contributed by atoms with Crippen LogP contribution >= 0.6 is 116 Å². The summed E-state index contributed by atoms with van der Waals surface area (Å²) in [5.74, 6) is 0. The third-order valence-electron chi connectivity index (χ3n) is 2.20. The Morgan fingerprint density at radius 3 is 0.730 bits per heavy atom. The molecule has 0 aliphatic carbocycles. The van der Waals surface area contributed by atoms with Crippen LogP contribution in [0.5, 0.6) is 0 Å². The van der Waals surface area contributed by atoms with Crippen LogP contribution in [-0.2, 0) is 54.4 Å². The van der Waals surface area contributed by atoms with Crippen molar-refractivity contribution >= 4 is 154 Å². The predicted octanol–water partition coefficient (Wildman–Crippen LogP) is 9.31. The Labute approximate surface area is 284 Å². The van der Waals surface area contributed by atoms with Crippen LogP contribution in [0.2, 0.25) is 0 Å². The maximum Gasteiger partial charge on any atom is 2.00 e. The molecule has 0 unspecified atom stereocenters. The molecule has 214 valence electrons. The average molecular weight is 784 g/mol. The molecule has 0 aromatic heterocycles. The van der Waals surface area contributed by atoms with Crippen molar-refractivity contribution in [1.29, 1.82) is 0 Å². The first-order chi connectivity index (χ1) is 16.5. The van der Waals surface area contributed by atoms with E-state index >= 15 is 0 Å². The van der Waals surface area contributed by atoms with E-state index < -0.39 is 23.5 Å². The Hall–Kier alpha value is 2.23. The van der Waals surface area contributed by atoms with E-state index in [-0.39, 0.29) is 55.7 Å². The SMILES string of the molecule is COP(=O)(OC)OC=C(Cl)Cl.COP(=O)(OC)OC=C(Cl)Cl.COP(=O)(OC=C(Cl)Cl)OC=C(Cl)Cl.[Ca+2]. The molecular formula is C13H19CaCl8O12P3+2. The maximum absolute atomic E-state index is 11.4. The van der Waals surface area contributed by atoms with Crippen LogP contribution in [0, 0.1) is 0 Å². The van der Waals surface area contributed by atoms with E-state index in [2.05, 4.69) is 40.7 Å². The van der Waals surface area contributed by atoms with Gasteiger partial charge in [0.1, 0.15) is 43.0 Å². The largest absolute Gasteiger partial charge is 2.00 e. The van der Waals surface area contributed by atoms with E-state index in [9.17, 15) is 13.7 Å². The van der Waals surface area contributed by atoms with Crippen molar-refractivity contribution in [3.8, 4) is 0 Å². The van der Waals surface area contributed by atoms with Crippen molar-refractivity contribution in [2.24, 2.45) is 0 Å². The second kappa shape index (κ2) is 25.9. The summed E-state index contributed by atoms with van der Waals surface area (Å²) in [7, 11) is -4.93. The topological polar surface area (TPSA) is 134 Å². The van der Waals surface area contributed by atoms with Crippen LogP contribution in [0.4, 0.5) is 0 Å². The van der Waals surface area contributed by atoms with Crippen LogP contribution in [0.3, 0.4) is 0 Å². The summed E-state index contributed by atoms with van der Waals surface area (Å²) in [6.45, 7) is 0. The summed E-state index contributed by atoms with van der Waals surface area (Å²) in [5, 5.41) is 0. The molecule has 0 N–H and O–H groups in total. The molecule has 37 heavy (non-hydrogen) atoms. The van der Waals surface area contributed by atoms with Gasteiger partial charge in [-0.2, -0.15) is 0 Å². The van der Waals surface area contributed by atoms with Gasteiger partial charge in [0.05, 0.1) is 0 Å². The van der Waals surface area contributed by atoms with Gasteiger partial charge in [0.25, 0.3) is 0 Å². The zero-order valence-corrected chi connectivity index (χ0v) is 30.2. The van der Waals surface area contributed by atoms with E-state index in [1.165, 1.54) is 28.4 Å². The molecule has 24 heteroatoms. The molecule has 0 fully saturated rings. The van der Waals surface area contributed by atoms with Gasteiger partial charge in [0.2, 0.25) is 0 Å². The second-order valence-corrected chi connectivity index (χ2v) is 13.7. The molecule has 0 saturated heterocycles. The summed E-state index contributed by atoms with van der Waals surface area (Å²) in [6, 6.07) is 0. The van der Waals surface area contributed by atoms with Crippen LogP contribution in [0.25, 0.3) is 0 Å². The Bertz CT molecular complexity index is 806. The zero-order chi connectivity index (χ0) is 29.0. The van der Waals surface area contributed by atoms with Crippen molar-refractivity contribution in [2.75, 3.05) is 35.5 Å². The maximum atomic E-state index is 11.4. The summed E-state index contributed by atoms with van der Waals surface area (Å²) in [4.78, 5) is 0. The van der Waals surface area contributed by atoms with Crippen molar-refractivity contribution in [3.05, 3.63) is 43.0 Å². The number of phosphoric acid groups is 3. The van der Waals surface area contributed by atoms with Gasteiger partial charge in [-0.05, 0) is 0 Å². The fourth-order valence-electron chi connectivity index (χ4n) is 0.850. The molecule has 0 atom stereocenters. The molecule has 0 bridgehead atoms. The Morgan fingerprint density at radius 2 is 0.595 bits per heavy atom. The fourth-order valence-corrected chi connectivity index (χ4v) is 3.51. The van der Waals surface area contributed by atoms with Crippen molar-refractivity contribution in [2.45, 2.75) is 0 Å². The minimum atomic E-state index is -3.80. The van der Waals surface area contributed by atoms with Crippen LogP contribution < -0.4 is 0 Å². The van der Waals surface area contributed by atoms with E-state index in [0.29, 0.717) is 0 Å². The standard InChI is InChI=1S/C5H5Cl4O4P.2C4H7Cl2O4P.Ca/c1-11-14(10,12-2-4(6)7)13-3-5(8)9;2*1-8-11(7,9-2)10-3-4(5)6;/h2-3H,1H3;2*3H,1-2H3;/q;;;+2. The molecule has 0 spiro atoms. The molecule has 0 radical (unpaired) electrons. The molecule has 0 aliphatic heterocycles. The van der Waals surface area contributed by atoms with Crippen molar-refractivity contribution in [1.82, 2.24) is 0 Å². The van der Waals surface area contributed by atoms with E-state index in [1.807, 2.05) is 0 Å². The van der Waals surface area contributed by atoms with Gasteiger partial charge in [-0.3, -0.25) is 22.6 Å². The van der Waals surface area contributed by atoms with Gasteiger partial charge in [0, 0.05) is 35.5 Å². The number of phosphoric ester groups is 3. The fraction of sp³-hybridized carbons (Fsp3) is 0.385. The molecule has 0 aromatic rings. The smallest absolute Gasteiger partial charge is 0.409 e. The predicted molar refractivity (Wildman–Crippen MR) is 147 cm³/mol. The van der Waals surface area contributed by atoms with Gasteiger partial charge in [-0.1, -0.05) is 92.8 Å².